The molecule has 20 heavy (non-hydrogen) atoms. The van der Waals surface area contributed by atoms with E-state index >= 15 is 0 Å². The van der Waals surface area contributed by atoms with Crippen molar-refractivity contribution >= 4 is 27.3 Å². The Balaban J connectivity index is 2.42. The predicted molar refractivity (Wildman–Crippen MR) is 92.7 cm³/mol. The highest BCUT2D eigenvalue weighted by Gasteiger charge is 2.18. The summed E-state index contributed by atoms with van der Waals surface area (Å²) in [6, 6.07) is 9.35. The Bertz CT molecular complexity index is 562. The van der Waals surface area contributed by atoms with Crippen molar-refractivity contribution in [3.8, 4) is 0 Å². The number of halogens is 1. The molecule has 1 unspecified atom stereocenters. The molecule has 0 radical (unpaired) electrons. The lowest BCUT2D eigenvalue weighted by molar-refractivity contribution is 0.637. The SMILES string of the molecule is CCNC(c1ccc(CC)c(CC)c1)c1sccc1Br. The van der Waals surface area contributed by atoms with Crippen molar-refractivity contribution in [3.63, 3.8) is 0 Å². The van der Waals surface area contributed by atoms with Gasteiger partial charge in [0.15, 0.2) is 0 Å². The average molecular weight is 352 g/mol. The van der Waals surface area contributed by atoms with Crippen molar-refractivity contribution in [1.29, 1.82) is 0 Å². The third-order valence-electron chi connectivity index (χ3n) is 3.64. The second-order valence-electron chi connectivity index (χ2n) is 4.86. The van der Waals surface area contributed by atoms with Crippen LogP contribution in [0.3, 0.4) is 0 Å². The fourth-order valence-corrected chi connectivity index (χ4v) is 4.28. The molecule has 1 atom stereocenters. The molecule has 0 spiro atoms. The van der Waals surface area contributed by atoms with E-state index in [0.717, 1.165) is 19.4 Å². The van der Waals surface area contributed by atoms with E-state index in [1.54, 1.807) is 11.3 Å². The Morgan fingerprint density at radius 1 is 1.10 bits per heavy atom. The van der Waals surface area contributed by atoms with Crippen LogP contribution in [0.15, 0.2) is 34.1 Å². The number of thiophene rings is 1. The van der Waals surface area contributed by atoms with Crippen molar-refractivity contribution in [2.24, 2.45) is 0 Å². The van der Waals surface area contributed by atoms with Crippen LogP contribution in [-0.2, 0) is 12.8 Å². The summed E-state index contributed by atoms with van der Waals surface area (Å²) in [5.74, 6) is 0. The number of hydrogen-bond donors (Lipinski definition) is 1. The minimum Gasteiger partial charge on any atom is -0.306 e. The highest BCUT2D eigenvalue weighted by atomic mass is 79.9. The number of rotatable bonds is 6. The Hall–Kier alpha value is -0.640. The Morgan fingerprint density at radius 2 is 1.85 bits per heavy atom. The molecule has 0 amide bonds. The van der Waals surface area contributed by atoms with Gasteiger partial charge < -0.3 is 5.32 Å². The fraction of sp³-hybridized carbons (Fsp3) is 0.412. The van der Waals surface area contributed by atoms with Crippen LogP contribution < -0.4 is 5.32 Å². The molecule has 0 fully saturated rings. The molecule has 0 aliphatic heterocycles. The molecule has 2 aromatic rings. The lowest BCUT2D eigenvalue weighted by atomic mass is 9.96. The summed E-state index contributed by atoms with van der Waals surface area (Å²) in [4.78, 5) is 1.36. The van der Waals surface area contributed by atoms with Crippen molar-refractivity contribution in [2.45, 2.75) is 39.7 Å². The van der Waals surface area contributed by atoms with Crippen molar-refractivity contribution in [3.05, 3.63) is 55.7 Å². The molecule has 0 bridgehead atoms. The zero-order valence-electron chi connectivity index (χ0n) is 12.4. The predicted octanol–water partition coefficient (Wildman–Crippen LogP) is 5.33. The average Bonchev–Trinajstić information content (AvgIpc) is 2.90. The summed E-state index contributed by atoms with van der Waals surface area (Å²) in [6.45, 7) is 7.59. The third-order valence-corrected chi connectivity index (χ3v) is 5.58. The zero-order chi connectivity index (χ0) is 14.5. The van der Waals surface area contributed by atoms with Gasteiger partial charge in [-0.15, -0.1) is 11.3 Å². The molecule has 2 rings (SSSR count). The van der Waals surface area contributed by atoms with Crippen LogP contribution in [0, 0.1) is 0 Å². The molecule has 0 aliphatic carbocycles. The minimum atomic E-state index is 0.283. The van der Waals surface area contributed by atoms with Crippen LogP contribution in [0.2, 0.25) is 0 Å². The molecular weight excluding hydrogens is 330 g/mol. The van der Waals surface area contributed by atoms with E-state index in [2.05, 4.69) is 71.7 Å². The van der Waals surface area contributed by atoms with Crippen LogP contribution in [0.1, 0.15) is 48.4 Å². The first-order valence-corrected chi connectivity index (χ1v) is 8.96. The van der Waals surface area contributed by atoms with Gasteiger partial charge >= 0.3 is 0 Å². The van der Waals surface area contributed by atoms with Crippen molar-refractivity contribution in [2.75, 3.05) is 6.54 Å². The van der Waals surface area contributed by atoms with Crippen LogP contribution in [-0.4, -0.2) is 6.54 Å². The Morgan fingerprint density at radius 3 is 2.40 bits per heavy atom. The summed E-state index contributed by atoms with van der Waals surface area (Å²) in [6.07, 6.45) is 2.21. The second kappa shape index (κ2) is 7.39. The first kappa shape index (κ1) is 15.7. The number of aryl methyl sites for hydroxylation is 2. The molecular formula is C17H22BrNS. The van der Waals surface area contributed by atoms with Gasteiger partial charge in [0.1, 0.15) is 0 Å². The van der Waals surface area contributed by atoms with E-state index in [0.29, 0.717) is 0 Å². The monoisotopic (exact) mass is 351 g/mol. The maximum atomic E-state index is 3.67. The van der Waals surface area contributed by atoms with Crippen LogP contribution in [0.25, 0.3) is 0 Å². The van der Waals surface area contributed by atoms with E-state index in [4.69, 9.17) is 0 Å². The van der Waals surface area contributed by atoms with E-state index in [-0.39, 0.29) is 6.04 Å². The summed E-state index contributed by atoms with van der Waals surface area (Å²) in [5.41, 5.74) is 4.31. The van der Waals surface area contributed by atoms with Gasteiger partial charge in [0.2, 0.25) is 0 Å². The van der Waals surface area contributed by atoms with Gasteiger partial charge in [-0.25, -0.2) is 0 Å². The molecule has 1 N–H and O–H groups in total. The summed E-state index contributed by atoms with van der Waals surface area (Å²) < 4.78 is 1.20. The maximum Gasteiger partial charge on any atom is 0.0682 e. The van der Waals surface area contributed by atoms with Crippen LogP contribution >= 0.6 is 27.3 Å². The minimum absolute atomic E-state index is 0.283. The normalized spacial score (nSPS) is 12.6. The summed E-state index contributed by atoms with van der Waals surface area (Å²) >= 11 is 5.47. The lowest BCUT2D eigenvalue weighted by Crippen LogP contribution is -2.21. The summed E-state index contributed by atoms with van der Waals surface area (Å²) in [7, 11) is 0. The summed E-state index contributed by atoms with van der Waals surface area (Å²) in [5, 5.41) is 5.76. The van der Waals surface area contributed by atoms with Gasteiger partial charge in [0.25, 0.3) is 0 Å². The highest BCUT2D eigenvalue weighted by molar-refractivity contribution is 9.10. The van der Waals surface area contributed by atoms with E-state index in [9.17, 15) is 0 Å². The molecule has 108 valence electrons. The van der Waals surface area contributed by atoms with Crippen LogP contribution in [0.5, 0.6) is 0 Å². The molecule has 3 heteroatoms. The van der Waals surface area contributed by atoms with E-state index in [1.807, 2.05) is 0 Å². The lowest BCUT2D eigenvalue weighted by Gasteiger charge is -2.19. The van der Waals surface area contributed by atoms with Gasteiger partial charge in [-0.3, -0.25) is 0 Å². The molecule has 1 aromatic heterocycles. The molecule has 1 heterocycles. The van der Waals surface area contributed by atoms with Crippen LogP contribution in [0.4, 0.5) is 0 Å². The van der Waals surface area contributed by atoms with Gasteiger partial charge in [-0.1, -0.05) is 39.0 Å². The number of benzene rings is 1. The maximum absolute atomic E-state index is 3.67. The van der Waals surface area contributed by atoms with Gasteiger partial charge in [-0.2, -0.15) is 0 Å². The van der Waals surface area contributed by atoms with Gasteiger partial charge in [0.05, 0.1) is 6.04 Å². The van der Waals surface area contributed by atoms with Gasteiger partial charge in [0, 0.05) is 9.35 Å². The Labute approximate surface area is 134 Å². The highest BCUT2D eigenvalue weighted by Crippen LogP contribution is 2.34. The second-order valence-corrected chi connectivity index (χ2v) is 6.66. The van der Waals surface area contributed by atoms with Crippen molar-refractivity contribution < 1.29 is 0 Å². The first-order chi connectivity index (χ1) is 9.71. The number of hydrogen-bond acceptors (Lipinski definition) is 2. The quantitative estimate of drug-likeness (QED) is 0.740. The van der Waals surface area contributed by atoms with Crippen molar-refractivity contribution in [1.82, 2.24) is 5.32 Å². The Kier molecular flexibility index (Phi) is 5.82. The molecule has 1 aromatic carbocycles. The zero-order valence-corrected chi connectivity index (χ0v) is 14.8. The standard InChI is InChI=1S/C17H22BrNS/c1-4-12-7-8-14(11-13(12)5-2)16(19-6-3)17-15(18)9-10-20-17/h7-11,16,19H,4-6H2,1-3H3. The smallest absolute Gasteiger partial charge is 0.0682 e. The third kappa shape index (κ3) is 3.33. The molecule has 0 saturated heterocycles. The topological polar surface area (TPSA) is 12.0 Å². The molecule has 0 aliphatic rings. The molecule has 0 saturated carbocycles. The largest absolute Gasteiger partial charge is 0.306 e. The van der Waals surface area contributed by atoms with E-state index in [1.165, 1.54) is 26.0 Å². The molecule has 1 nitrogen and oxygen atoms in total. The van der Waals surface area contributed by atoms with E-state index < -0.39 is 0 Å². The van der Waals surface area contributed by atoms with Gasteiger partial charge in [-0.05, 0) is 63.5 Å². The first-order valence-electron chi connectivity index (χ1n) is 7.29. The number of nitrogens with one attached hydrogen (secondary N) is 1. The fourth-order valence-electron chi connectivity index (χ4n) is 2.58.